The Balaban J connectivity index is 3.15. The van der Waals surface area contributed by atoms with Gasteiger partial charge in [-0.25, -0.2) is 4.85 Å². The van der Waals surface area contributed by atoms with Crippen molar-refractivity contribution in [3.05, 3.63) is 23.3 Å². The number of H-pyrrole nitrogens is 1. The van der Waals surface area contributed by atoms with Crippen LogP contribution in [0.3, 0.4) is 0 Å². The van der Waals surface area contributed by atoms with E-state index < -0.39 is 0 Å². The van der Waals surface area contributed by atoms with Crippen LogP contribution in [0.2, 0.25) is 0 Å². The van der Waals surface area contributed by atoms with Gasteiger partial charge in [-0.15, -0.1) is 0 Å². The lowest BCUT2D eigenvalue weighted by atomic mass is 10.4. The lowest BCUT2D eigenvalue weighted by Gasteiger charge is -1.76. The van der Waals surface area contributed by atoms with Crippen LogP contribution in [0.15, 0.2) is 6.20 Å². The summed E-state index contributed by atoms with van der Waals surface area (Å²) in [5.74, 6) is 0. The smallest absolute Gasteiger partial charge is 0.226 e. The quantitative estimate of drug-likeness (QED) is 0.497. The summed E-state index contributed by atoms with van der Waals surface area (Å²) in [7, 11) is 0. The third kappa shape index (κ3) is 0.562. The molecule has 0 aromatic carbocycles. The highest BCUT2D eigenvalue weighted by molar-refractivity contribution is 5.45. The summed E-state index contributed by atoms with van der Waals surface area (Å²) in [6, 6.07) is 0. The molecule has 0 amide bonds. The van der Waals surface area contributed by atoms with Crippen molar-refractivity contribution in [2.45, 2.75) is 6.92 Å². The van der Waals surface area contributed by atoms with E-state index in [1.165, 1.54) is 6.20 Å². The normalized spacial score (nSPS) is 8.50. The van der Waals surface area contributed by atoms with Crippen molar-refractivity contribution in [2.24, 2.45) is 0 Å². The molecular formula is C5H5N3. The molecule has 1 heterocycles. The standard InChI is InChI=1S/C5H5N3/c1-4-5(6-2)3-7-8-4/h3H,1H3,(H,7,8). The summed E-state index contributed by atoms with van der Waals surface area (Å²) in [5, 5.41) is 6.31. The predicted molar refractivity (Wildman–Crippen MR) is 29.6 cm³/mol. The second kappa shape index (κ2) is 1.66. The first-order valence-corrected chi connectivity index (χ1v) is 2.22. The van der Waals surface area contributed by atoms with Crippen LogP contribution in [0.4, 0.5) is 5.69 Å². The van der Waals surface area contributed by atoms with Gasteiger partial charge in [0, 0.05) is 5.69 Å². The van der Waals surface area contributed by atoms with Crippen LogP contribution in [0.1, 0.15) is 5.69 Å². The Hall–Kier alpha value is -1.30. The van der Waals surface area contributed by atoms with Crippen LogP contribution >= 0.6 is 0 Å². The van der Waals surface area contributed by atoms with E-state index in [9.17, 15) is 0 Å². The molecule has 1 aromatic heterocycles. The second-order valence-electron chi connectivity index (χ2n) is 1.49. The van der Waals surface area contributed by atoms with Gasteiger partial charge in [-0.1, -0.05) is 0 Å². The molecule has 0 unspecified atom stereocenters. The number of nitrogens with one attached hydrogen (secondary N) is 1. The SMILES string of the molecule is [C-]#[N+]c1cn[nH]c1C. The lowest BCUT2D eigenvalue weighted by molar-refractivity contribution is 1.05. The first kappa shape index (κ1) is 4.85. The molecule has 3 nitrogen and oxygen atoms in total. The number of hydrogen-bond donors (Lipinski definition) is 1. The maximum absolute atomic E-state index is 6.57. The molecule has 0 aliphatic carbocycles. The largest absolute Gasteiger partial charge is 0.294 e. The van der Waals surface area contributed by atoms with Crippen LogP contribution in [-0.2, 0) is 0 Å². The highest BCUT2D eigenvalue weighted by Crippen LogP contribution is 2.12. The molecule has 0 saturated carbocycles. The third-order valence-electron chi connectivity index (χ3n) is 0.924. The molecule has 8 heavy (non-hydrogen) atoms. The fourth-order valence-corrected chi connectivity index (χ4v) is 0.457. The van der Waals surface area contributed by atoms with E-state index in [1.807, 2.05) is 6.92 Å². The number of nitrogens with zero attached hydrogens (tertiary/aromatic N) is 2. The van der Waals surface area contributed by atoms with Gasteiger partial charge >= 0.3 is 0 Å². The van der Waals surface area contributed by atoms with Gasteiger partial charge < -0.3 is 0 Å². The van der Waals surface area contributed by atoms with Crippen LogP contribution in [0, 0.1) is 13.5 Å². The molecule has 1 aromatic rings. The van der Waals surface area contributed by atoms with Gasteiger partial charge in [0.2, 0.25) is 5.69 Å². The van der Waals surface area contributed by atoms with Gasteiger partial charge in [-0.05, 0) is 6.92 Å². The highest BCUT2D eigenvalue weighted by Gasteiger charge is 1.94. The van der Waals surface area contributed by atoms with Crippen molar-refractivity contribution < 1.29 is 0 Å². The third-order valence-corrected chi connectivity index (χ3v) is 0.924. The number of aromatic nitrogens is 2. The Morgan fingerprint density at radius 1 is 1.88 bits per heavy atom. The average molecular weight is 107 g/mol. The first-order chi connectivity index (χ1) is 3.84. The molecule has 0 fully saturated rings. The van der Waals surface area contributed by atoms with E-state index in [2.05, 4.69) is 15.0 Å². The summed E-state index contributed by atoms with van der Waals surface area (Å²) in [6.07, 6.45) is 1.52. The van der Waals surface area contributed by atoms with Gasteiger partial charge in [0.25, 0.3) is 0 Å². The fourth-order valence-electron chi connectivity index (χ4n) is 0.457. The minimum absolute atomic E-state index is 0.602. The molecule has 0 aliphatic rings. The van der Waals surface area contributed by atoms with Crippen LogP contribution in [-0.4, -0.2) is 10.2 Å². The molecule has 40 valence electrons. The van der Waals surface area contributed by atoms with Gasteiger partial charge in [0.15, 0.2) is 0 Å². The molecule has 1 N–H and O–H groups in total. The maximum Gasteiger partial charge on any atom is 0.226 e. The van der Waals surface area contributed by atoms with Gasteiger partial charge in [-0.2, -0.15) is 5.10 Å². The van der Waals surface area contributed by atoms with E-state index in [1.54, 1.807) is 0 Å². The topological polar surface area (TPSA) is 33.0 Å². The summed E-state index contributed by atoms with van der Waals surface area (Å²) in [4.78, 5) is 3.19. The van der Waals surface area contributed by atoms with E-state index in [0.29, 0.717) is 5.69 Å². The molecule has 3 heteroatoms. The Kier molecular flexibility index (Phi) is 1.01. The lowest BCUT2D eigenvalue weighted by Crippen LogP contribution is -1.66. The van der Waals surface area contributed by atoms with Crippen molar-refractivity contribution in [1.82, 2.24) is 10.2 Å². The second-order valence-corrected chi connectivity index (χ2v) is 1.49. The molecular weight excluding hydrogens is 102 g/mol. The van der Waals surface area contributed by atoms with Crippen molar-refractivity contribution in [2.75, 3.05) is 0 Å². The summed E-state index contributed by atoms with van der Waals surface area (Å²) < 4.78 is 0. The Morgan fingerprint density at radius 2 is 2.62 bits per heavy atom. The van der Waals surface area contributed by atoms with Gasteiger partial charge in [0.1, 0.15) is 0 Å². The number of aryl methyl sites for hydroxylation is 1. The molecule has 0 aliphatic heterocycles. The fraction of sp³-hybridized carbons (Fsp3) is 0.200. The Morgan fingerprint density at radius 3 is 2.88 bits per heavy atom. The van der Waals surface area contributed by atoms with E-state index >= 15 is 0 Å². The van der Waals surface area contributed by atoms with Gasteiger partial charge in [-0.3, -0.25) is 5.10 Å². The Bertz CT molecular complexity index is 218. The zero-order valence-electron chi connectivity index (χ0n) is 4.47. The maximum atomic E-state index is 6.57. The van der Waals surface area contributed by atoms with Gasteiger partial charge in [0.05, 0.1) is 12.8 Å². The zero-order valence-corrected chi connectivity index (χ0v) is 4.47. The van der Waals surface area contributed by atoms with Crippen molar-refractivity contribution in [3.63, 3.8) is 0 Å². The average Bonchev–Trinajstić information content (AvgIpc) is 2.14. The molecule has 0 saturated heterocycles. The van der Waals surface area contributed by atoms with Crippen molar-refractivity contribution in [1.29, 1.82) is 0 Å². The van der Waals surface area contributed by atoms with Crippen LogP contribution in [0.25, 0.3) is 4.85 Å². The van der Waals surface area contributed by atoms with E-state index in [-0.39, 0.29) is 0 Å². The number of aromatic amines is 1. The van der Waals surface area contributed by atoms with Crippen molar-refractivity contribution >= 4 is 5.69 Å². The molecule has 0 spiro atoms. The molecule has 0 atom stereocenters. The number of hydrogen-bond acceptors (Lipinski definition) is 1. The van der Waals surface area contributed by atoms with E-state index in [0.717, 1.165) is 5.69 Å². The zero-order chi connectivity index (χ0) is 5.98. The minimum atomic E-state index is 0.602. The van der Waals surface area contributed by atoms with E-state index in [4.69, 9.17) is 6.57 Å². The molecule has 0 bridgehead atoms. The predicted octanol–water partition coefficient (Wildman–Crippen LogP) is 1.27. The van der Waals surface area contributed by atoms with Crippen molar-refractivity contribution in [3.8, 4) is 0 Å². The summed E-state index contributed by atoms with van der Waals surface area (Å²) in [5.41, 5.74) is 1.44. The monoisotopic (exact) mass is 107 g/mol. The van der Waals surface area contributed by atoms with Crippen LogP contribution < -0.4 is 0 Å². The first-order valence-electron chi connectivity index (χ1n) is 2.22. The Labute approximate surface area is 47.2 Å². The highest BCUT2D eigenvalue weighted by atomic mass is 15.1. The summed E-state index contributed by atoms with van der Waals surface area (Å²) >= 11 is 0. The number of rotatable bonds is 0. The molecule has 1 rings (SSSR count). The minimum Gasteiger partial charge on any atom is -0.294 e. The molecule has 0 radical (unpaired) electrons. The van der Waals surface area contributed by atoms with Crippen LogP contribution in [0.5, 0.6) is 0 Å². The summed E-state index contributed by atoms with van der Waals surface area (Å²) in [6.45, 7) is 8.39.